The Morgan fingerprint density at radius 3 is 2.93 bits per heavy atom. The average molecular weight is 274 g/mol. The van der Waals surface area contributed by atoms with E-state index in [1.807, 2.05) is 6.07 Å². The van der Waals surface area contributed by atoms with Gasteiger partial charge in [0.1, 0.15) is 5.82 Å². The second-order valence-electron chi connectivity index (χ2n) is 3.88. The largest absolute Gasteiger partial charge is 0.396 e. The van der Waals surface area contributed by atoms with Gasteiger partial charge in [-0.3, -0.25) is 0 Å². The molecule has 2 nitrogen and oxygen atoms in total. The Balaban J connectivity index is 2.13. The molecule has 1 N–H and O–H groups in total. The number of rotatable bonds is 2. The monoisotopic (exact) mass is 273 g/mol. The second kappa shape index (κ2) is 4.49. The van der Waals surface area contributed by atoms with E-state index >= 15 is 0 Å². The van der Waals surface area contributed by atoms with Gasteiger partial charge in [-0.25, -0.2) is 4.39 Å². The van der Waals surface area contributed by atoms with Crippen LogP contribution in [-0.2, 0) is 0 Å². The van der Waals surface area contributed by atoms with Gasteiger partial charge in [0.05, 0.1) is 4.47 Å². The molecule has 0 amide bonds. The standard InChI is InChI=1S/C11H13BrFNO/c12-10-2-1-9(5-11(10)13)14-4-3-8(6-14)7-15/h1-2,5,8,15H,3-4,6-7H2. The van der Waals surface area contributed by atoms with Gasteiger partial charge in [-0.2, -0.15) is 0 Å². The smallest absolute Gasteiger partial charge is 0.139 e. The van der Waals surface area contributed by atoms with Crippen molar-refractivity contribution in [1.82, 2.24) is 0 Å². The van der Waals surface area contributed by atoms with Crippen LogP contribution in [-0.4, -0.2) is 24.8 Å². The van der Waals surface area contributed by atoms with Crippen LogP contribution in [0.1, 0.15) is 6.42 Å². The second-order valence-corrected chi connectivity index (χ2v) is 4.74. The van der Waals surface area contributed by atoms with Crippen LogP contribution in [0.4, 0.5) is 10.1 Å². The first-order valence-electron chi connectivity index (χ1n) is 5.01. The third-order valence-corrected chi connectivity index (χ3v) is 3.46. The Hall–Kier alpha value is -0.610. The molecule has 4 heteroatoms. The first-order chi connectivity index (χ1) is 7.20. The van der Waals surface area contributed by atoms with Crippen molar-refractivity contribution in [1.29, 1.82) is 0 Å². The van der Waals surface area contributed by atoms with E-state index in [9.17, 15) is 4.39 Å². The fourth-order valence-electron chi connectivity index (χ4n) is 1.90. The molecule has 82 valence electrons. The predicted octanol–water partition coefficient (Wildman–Crippen LogP) is 2.41. The van der Waals surface area contributed by atoms with Crippen LogP contribution in [0.3, 0.4) is 0 Å². The maximum Gasteiger partial charge on any atom is 0.139 e. The Kier molecular flexibility index (Phi) is 3.26. The summed E-state index contributed by atoms with van der Waals surface area (Å²) in [5.74, 6) is 0.0941. The van der Waals surface area contributed by atoms with E-state index in [0.29, 0.717) is 10.4 Å². The van der Waals surface area contributed by atoms with Gasteiger partial charge >= 0.3 is 0 Å². The lowest BCUT2D eigenvalue weighted by Crippen LogP contribution is -2.20. The molecule has 1 atom stereocenters. The first kappa shape index (κ1) is 10.9. The van der Waals surface area contributed by atoms with Crippen LogP contribution < -0.4 is 4.90 Å². The van der Waals surface area contributed by atoms with E-state index in [4.69, 9.17) is 5.11 Å². The maximum absolute atomic E-state index is 13.3. The van der Waals surface area contributed by atoms with E-state index in [-0.39, 0.29) is 12.4 Å². The number of hydrogen-bond acceptors (Lipinski definition) is 2. The van der Waals surface area contributed by atoms with E-state index in [0.717, 1.165) is 25.2 Å². The zero-order chi connectivity index (χ0) is 10.8. The molecule has 1 aromatic rings. The molecule has 0 spiro atoms. The SMILES string of the molecule is OCC1CCN(c2ccc(Br)c(F)c2)C1. The summed E-state index contributed by atoms with van der Waals surface area (Å²) in [7, 11) is 0. The summed E-state index contributed by atoms with van der Waals surface area (Å²) >= 11 is 3.13. The van der Waals surface area contributed by atoms with Gasteiger partial charge in [0.2, 0.25) is 0 Å². The van der Waals surface area contributed by atoms with E-state index in [2.05, 4.69) is 20.8 Å². The molecule has 0 bridgehead atoms. The van der Waals surface area contributed by atoms with Crippen molar-refractivity contribution in [3.8, 4) is 0 Å². The van der Waals surface area contributed by atoms with Crippen LogP contribution >= 0.6 is 15.9 Å². The fourth-order valence-corrected chi connectivity index (χ4v) is 2.14. The molecule has 0 saturated carbocycles. The average Bonchev–Trinajstić information content (AvgIpc) is 2.70. The molecule has 0 radical (unpaired) electrons. The number of benzene rings is 1. The van der Waals surface area contributed by atoms with E-state index < -0.39 is 0 Å². The molecular weight excluding hydrogens is 261 g/mol. The molecule has 2 rings (SSSR count). The summed E-state index contributed by atoms with van der Waals surface area (Å²) in [5, 5.41) is 9.02. The third kappa shape index (κ3) is 2.32. The maximum atomic E-state index is 13.3. The van der Waals surface area contributed by atoms with Crippen molar-refractivity contribution in [3.05, 3.63) is 28.5 Å². The zero-order valence-electron chi connectivity index (χ0n) is 8.29. The summed E-state index contributed by atoms with van der Waals surface area (Å²) in [4.78, 5) is 2.11. The van der Waals surface area contributed by atoms with Crippen molar-refractivity contribution in [2.75, 3.05) is 24.6 Å². The number of hydrogen-bond donors (Lipinski definition) is 1. The van der Waals surface area contributed by atoms with Gasteiger partial charge in [-0.15, -0.1) is 0 Å². The predicted molar refractivity (Wildman–Crippen MR) is 61.5 cm³/mol. The Bertz CT molecular complexity index is 358. The molecule has 1 unspecified atom stereocenters. The first-order valence-corrected chi connectivity index (χ1v) is 5.81. The number of aliphatic hydroxyl groups is 1. The van der Waals surface area contributed by atoms with Crippen molar-refractivity contribution in [2.45, 2.75) is 6.42 Å². The lowest BCUT2D eigenvalue weighted by atomic mass is 10.1. The Labute approximate surface area is 96.8 Å². The summed E-state index contributed by atoms with van der Waals surface area (Å²) in [5.41, 5.74) is 0.895. The number of anilines is 1. The Morgan fingerprint density at radius 2 is 2.33 bits per heavy atom. The topological polar surface area (TPSA) is 23.5 Å². The highest BCUT2D eigenvalue weighted by molar-refractivity contribution is 9.10. The quantitative estimate of drug-likeness (QED) is 0.895. The minimum atomic E-state index is -0.236. The Morgan fingerprint density at radius 1 is 1.53 bits per heavy atom. The van der Waals surface area contributed by atoms with Crippen LogP contribution in [0.5, 0.6) is 0 Å². The van der Waals surface area contributed by atoms with Crippen molar-refractivity contribution < 1.29 is 9.50 Å². The molecule has 1 aromatic carbocycles. The van der Waals surface area contributed by atoms with Crippen LogP contribution in [0.2, 0.25) is 0 Å². The number of aliphatic hydroxyl groups excluding tert-OH is 1. The van der Waals surface area contributed by atoms with E-state index in [1.54, 1.807) is 6.07 Å². The van der Waals surface area contributed by atoms with Crippen molar-refractivity contribution >= 4 is 21.6 Å². The summed E-state index contributed by atoms with van der Waals surface area (Å²) < 4.78 is 13.8. The summed E-state index contributed by atoms with van der Waals surface area (Å²) in [6.07, 6.45) is 0.980. The van der Waals surface area contributed by atoms with Gasteiger partial charge in [-0.1, -0.05) is 0 Å². The number of nitrogens with zero attached hydrogens (tertiary/aromatic N) is 1. The van der Waals surface area contributed by atoms with Crippen LogP contribution in [0.25, 0.3) is 0 Å². The molecule has 1 fully saturated rings. The van der Waals surface area contributed by atoms with Gasteiger partial charge in [0, 0.05) is 31.3 Å². The zero-order valence-corrected chi connectivity index (χ0v) is 9.87. The molecule has 1 saturated heterocycles. The molecule has 0 aliphatic carbocycles. The lowest BCUT2D eigenvalue weighted by Gasteiger charge is -2.18. The molecule has 1 aliphatic rings. The molecular formula is C11H13BrFNO. The number of halogens is 2. The summed E-state index contributed by atoms with van der Waals surface area (Å²) in [6.45, 7) is 1.93. The molecule has 15 heavy (non-hydrogen) atoms. The van der Waals surface area contributed by atoms with Crippen molar-refractivity contribution in [2.24, 2.45) is 5.92 Å². The minimum Gasteiger partial charge on any atom is -0.396 e. The summed E-state index contributed by atoms with van der Waals surface area (Å²) in [6, 6.07) is 5.15. The third-order valence-electron chi connectivity index (χ3n) is 2.81. The minimum absolute atomic E-state index is 0.218. The van der Waals surface area contributed by atoms with Gasteiger partial charge in [0.15, 0.2) is 0 Å². The van der Waals surface area contributed by atoms with Gasteiger partial charge in [0.25, 0.3) is 0 Å². The highest BCUT2D eigenvalue weighted by Gasteiger charge is 2.22. The van der Waals surface area contributed by atoms with Crippen LogP contribution in [0.15, 0.2) is 22.7 Å². The molecule has 1 heterocycles. The van der Waals surface area contributed by atoms with Crippen molar-refractivity contribution in [3.63, 3.8) is 0 Å². The normalized spacial score (nSPS) is 21.0. The molecule has 0 aromatic heterocycles. The van der Waals surface area contributed by atoms with Gasteiger partial charge < -0.3 is 10.0 Å². The highest BCUT2D eigenvalue weighted by Crippen LogP contribution is 2.26. The van der Waals surface area contributed by atoms with Crippen LogP contribution in [0, 0.1) is 11.7 Å². The lowest BCUT2D eigenvalue weighted by molar-refractivity contribution is 0.238. The van der Waals surface area contributed by atoms with E-state index in [1.165, 1.54) is 6.07 Å². The van der Waals surface area contributed by atoms with Gasteiger partial charge in [-0.05, 0) is 40.5 Å². The molecule has 1 aliphatic heterocycles. The highest BCUT2D eigenvalue weighted by atomic mass is 79.9. The fraction of sp³-hybridized carbons (Fsp3) is 0.455.